The number of anilines is 1. The van der Waals surface area contributed by atoms with Gasteiger partial charge in [0.2, 0.25) is 0 Å². The molecule has 0 saturated carbocycles. The first-order valence-corrected chi connectivity index (χ1v) is 10.6. The van der Waals surface area contributed by atoms with E-state index < -0.39 is 10.0 Å². The predicted octanol–water partition coefficient (Wildman–Crippen LogP) is 4.04. The summed E-state index contributed by atoms with van der Waals surface area (Å²) in [4.78, 5) is 2.23. The van der Waals surface area contributed by atoms with Gasteiger partial charge in [0, 0.05) is 31.9 Å². The summed E-state index contributed by atoms with van der Waals surface area (Å²) in [6, 6.07) is 11.8. The number of rotatable bonds is 4. The molecular formula is C17H21ClN2O2S2. The number of nitrogens with zero attached hydrogens (tertiary/aromatic N) is 2. The fourth-order valence-electron chi connectivity index (χ4n) is 2.82. The van der Waals surface area contributed by atoms with Crippen molar-refractivity contribution in [3.05, 3.63) is 46.3 Å². The molecule has 0 amide bonds. The Balaban J connectivity index is 1.67. The summed E-state index contributed by atoms with van der Waals surface area (Å²) in [7, 11) is -3.42. The normalized spacial score (nSPS) is 16.8. The summed E-state index contributed by atoms with van der Waals surface area (Å²) >= 11 is 6.98. The zero-order valence-corrected chi connectivity index (χ0v) is 16.2. The summed E-state index contributed by atoms with van der Waals surface area (Å²) in [5.41, 5.74) is 2.46. The monoisotopic (exact) mass is 384 g/mol. The average Bonchev–Trinajstić information content (AvgIpc) is 3.02. The number of hydrogen-bond donors (Lipinski definition) is 0. The molecule has 0 aliphatic carbocycles. The van der Waals surface area contributed by atoms with Crippen molar-refractivity contribution >= 4 is 38.6 Å². The molecule has 7 heteroatoms. The van der Waals surface area contributed by atoms with Crippen LogP contribution in [0.2, 0.25) is 4.34 Å². The minimum Gasteiger partial charge on any atom is -0.369 e. The molecule has 2 heterocycles. The third-order valence-corrected chi connectivity index (χ3v) is 7.90. The average molecular weight is 385 g/mol. The largest absolute Gasteiger partial charge is 0.369 e. The summed E-state index contributed by atoms with van der Waals surface area (Å²) in [5, 5.41) is 0. The van der Waals surface area contributed by atoms with Crippen LogP contribution in [0.15, 0.2) is 40.6 Å². The second kappa shape index (κ2) is 7.04. The van der Waals surface area contributed by atoms with Crippen molar-refractivity contribution < 1.29 is 8.42 Å². The van der Waals surface area contributed by atoms with Crippen molar-refractivity contribution in [3.8, 4) is 0 Å². The van der Waals surface area contributed by atoms with Crippen LogP contribution in [0.1, 0.15) is 25.3 Å². The van der Waals surface area contributed by atoms with Gasteiger partial charge in [-0.1, -0.05) is 37.6 Å². The standard InChI is InChI=1S/C17H21ClN2O2S2/c1-13(2)14-3-5-15(6-4-14)19-9-11-20(12-10-19)24(21,22)17-8-7-16(18)23-17/h3-8,13H,9-12H2,1-2H3. The van der Waals surface area contributed by atoms with Crippen molar-refractivity contribution in [2.24, 2.45) is 0 Å². The molecule has 0 atom stereocenters. The van der Waals surface area contributed by atoms with Gasteiger partial charge in [-0.25, -0.2) is 8.42 Å². The van der Waals surface area contributed by atoms with Gasteiger partial charge in [-0.05, 0) is 35.7 Å². The van der Waals surface area contributed by atoms with Gasteiger partial charge in [0.1, 0.15) is 4.21 Å². The first-order valence-electron chi connectivity index (χ1n) is 7.98. The number of benzene rings is 1. The minimum absolute atomic E-state index is 0.322. The Morgan fingerprint density at radius 2 is 1.62 bits per heavy atom. The van der Waals surface area contributed by atoms with E-state index in [2.05, 4.69) is 43.0 Å². The molecule has 1 aromatic carbocycles. The maximum absolute atomic E-state index is 12.6. The number of halogens is 1. The first kappa shape index (κ1) is 17.7. The SMILES string of the molecule is CC(C)c1ccc(N2CCN(S(=O)(=O)c3ccc(Cl)s3)CC2)cc1. The van der Waals surface area contributed by atoms with Gasteiger partial charge in [-0.2, -0.15) is 4.31 Å². The summed E-state index contributed by atoms with van der Waals surface area (Å²) < 4.78 is 27.6. The Labute approximate surface area is 152 Å². The van der Waals surface area contributed by atoms with Crippen molar-refractivity contribution in [3.63, 3.8) is 0 Å². The number of sulfonamides is 1. The van der Waals surface area contributed by atoms with Crippen LogP contribution >= 0.6 is 22.9 Å². The van der Waals surface area contributed by atoms with Crippen molar-refractivity contribution in [1.82, 2.24) is 4.31 Å². The van der Waals surface area contributed by atoms with E-state index >= 15 is 0 Å². The number of piperazine rings is 1. The Morgan fingerprint density at radius 1 is 1.00 bits per heavy atom. The fourth-order valence-corrected chi connectivity index (χ4v) is 5.88. The van der Waals surface area contributed by atoms with Crippen LogP contribution in [-0.2, 0) is 10.0 Å². The van der Waals surface area contributed by atoms with E-state index in [1.54, 1.807) is 16.4 Å². The maximum Gasteiger partial charge on any atom is 0.252 e. The first-order chi connectivity index (χ1) is 11.4. The topological polar surface area (TPSA) is 40.6 Å². The van der Waals surface area contributed by atoms with Crippen LogP contribution in [0.5, 0.6) is 0 Å². The van der Waals surface area contributed by atoms with E-state index in [9.17, 15) is 8.42 Å². The molecule has 0 spiro atoms. The van der Waals surface area contributed by atoms with E-state index in [1.807, 2.05) is 0 Å². The van der Waals surface area contributed by atoms with Gasteiger partial charge in [-0.15, -0.1) is 11.3 Å². The molecule has 3 rings (SSSR count). The van der Waals surface area contributed by atoms with E-state index in [1.165, 1.54) is 5.56 Å². The zero-order valence-electron chi connectivity index (χ0n) is 13.8. The highest BCUT2D eigenvalue weighted by molar-refractivity contribution is 7.91. The van der Waals surface area contributed by atoms with Gasteiger partial charge < -0.3 is 4.90 Å². The summed E-state index contributed by atoms with van der Waals surface area (Å²) in [6.07, 6.45) is 0. The van der Waals surface area contributed by atoms with Crippen LogP contribution in [0.4, 0.5) is 5.69 Å². The summed E-state index contributed by atoms with van der Waals surface area (Å²) in [6.45, 7) is 6.72. The zero-order chi connectivity index (χ0) is 17.3. The van der Waals surface area contributed by atoms with Gasteiger partial charge in [0.25, 0.3) is 10.0 Å². The van der Waals surface area contributed by atoms with E-state index in [-0.39, 0.29) is 0 Å². The Kier molecular flexibility index (Phi) is 5.20. The van der Waals surface area contributed by atoms with Gasteiger partial charge in [-0.3, -0.25) is 0 Å². The van der Waals surface area contributed by atoms with Crippen LogP contribution < -0.4 is 4.90 Å². The molecule has 0 N–H and O–H groups in total. The molecule has 4 nitrogen and oxygen atoms in total. The van der Waals surface area contributed by atoms with Crippen LogP contribution in [-0.4, -0.2) is 38.9 Å². The molecule has 0 radical (unpaired) electrons. The van der Waals surface area contributed by atoms with Crippen LogP contribution in [0.25, 0.3) is 0 Å². The molecule has 2 aromatic rings. The molecule has 0 bridgehead atoms. The third kappa shape index (κ3) is 3.61. The van der Waals surface area contributed by atoms with Gasteiger partial charge >= 0.3 is 0 Å². The Morgan fingerprint density at radius 3 is 2.12 bits per heavy atom. The number of hydrogen-bond acceptors (Lipinski definition) is 4. The van der Waals surface area contributed by atoms with E-state index in [0.717, 1.165) is 17.0 Å². The quantitative estimate of drug-likeness (QED) is 0.798. The second-order valence-electron chi connectivity index (χ2n) is 6.20. The second-order valence-corrected chi connectivity index (χ2v) is 10.1. The molecule has 1 aliphatic rings. The molecule has 130 valence electrons. The lowest BCUT2D eigenvalue weighted by molar-refractivity contribution is 0.386. The van der Waals surface area contributed by atoms with Crippen molar-refractivity contribution in [1.29, 1.82) is 0 Å². The molecule has 0 unspecified atom stereocenters. The molecular weight excluding hydrogens is 364 g/mol. The number of thiophene rings is 1. The lowest BCUT2D eigenvalue weighted by atomic mass is 10.0. The van der Waals surface area contributed by atoms with Crippen LogP contribution in [0, 0.1) is 0 Å². The van der Waals surface area contributed by atoms with Gasteiger partial charge in [0.15, 0.2) is 0 Å². The Hall–Kier alpha value is -1.08. The fraction of sp³-hybridized carbons (Fsp3) is 0.412. The highest BCUT2D eigenvalue weighted by atomic mass is 35.5. The highest BCUT2D eigenvalue weighted by Gasteiger charge is 2.29. The minimum atomic E-state index is -3.42. The summed E-state index contributed by atoms with van der Waals surface area (Å²) in [5.74, 6) is 0.513. The van der Waals surface area contributed by atoms with E-state index in [4.69, 9.17) is 11.6 Å². The predicted molar refractivity (Wildman–Crippen MR) is 101 cm³/mol. The Bertz CT molecular complexity index is 792. The molecule has 1 aromatic heterocycles. The maximum atomic E-state index is 12.6. The van der Waals surface area contributed by atoms with E-state index in [0.29, 0.717) is 40.6 Å². The van der Waals surface area contributed by atoms with Crippen molar-refractivity contribution in [2.45, 2.75) is 24.0 Å². The molecule has 1 fully saturated rings. The molecule has 1 aliphatic heterocycles. The molecule has 1 saturated heterocycles. The smallest absolute Gasteiger partial charge is 0.252 e. The van der Waals surface area contributed by atoms with Gasteiger partial charge in [0.05, 0.1) is 4.34 Å². The highest BCUT2D eigenvalue weighted by Crippen LogP contribution is 2.29. The van der Waals surface area contributed by atoms with Crippen molar-refractivity contribution in [2.75, 3.05) is 31.1 Å². The molecule has 24 heavy (non-hydrogen) atoms. The lowest BCUT2D eigenvalue weighted by Crippen LogP contribution is -2.48. The third-order valence-electron chi connectivity index (χ3n) is 4.31. The lowest BCUT2D eigenvalue weighted by Gasteiger charge is -2.35. The van der Waals surface area contributed by atoms with Crippen LogP contribution in [0.3, 0.4) is 0 Å².